The van der Waals surface area contributed by atoms with Gasteiger partial charge in [-0.25, -0.2) is 0 Å². The van der Waals surface area contributed by atoms with Crippen molar-refractivity contribution >= 4 is 0 Å². The molecular formula is C17H29N. The van der Waals surface area contributed by atoms with Crippen LogP contribution in [0, 0.1) is 5.92 Å². The van der Waals surface area contributed by atoms with Gasteiger partial charge in [-0.3, -0.25) is 0 Å². The minimum absolute atomic E-state index is 0.599. The molecule has 0 aliphatic rings. The average molecular weight is 247 g/mol. The predicted molar refractivity (Wildman–Crippen MR) is 81.0 cm³/mol. The van der Waals surface area contributed by atoms with E-state index in [0.717, 1.165) is 5.92 Å². The molecule has 0 heterocycles. The number of likely N-dealkylation sites (N-methyl/N-ethyl adjacent to an activating group) is 1. The third-order valence-electron chi connectivity index (χ3n) is 4.11. The quantitative estimate of drug-likeness (QED) is 0.708. The molecule has 18 heavy (non-hydrogen) atoms. The maximum atomic E-state index is 3.55. The fraction of sp³-hybridized carbons (Fsp3) is 0.647. The number of hydrogen-bond donors (Lipinski definition) is 1. The second kappa shape index (κ2) is 8.31. The molecule has 0 aromatic heterocycles. The van der Waals surface area contributed by atoms with Gasteiger partial charge in [-0.2, -0.15) is 0 Å². The summed E-state index contributed by atoms with van der Waals surface area (Å²) in [5.74, 6) is 1.36. The van der Waals surface area contributed by atoms with E-state index in [4.69, 9.17) is 0 Å². The van der Waals surface area contributed by atoms with E-state index in [-0.39, 0.29) is 0 Å². The summed E-state index contributed by atoms with van der Waals surface area (Å²) in [7, 11) is 2.11. The molecule has 1 nitrogen and oxygen atoms in total. The lowest BCUT2D eigenvalue weighted by Crippen LogP contribution is -2.35. The van der Waals surface area contributed by atoms with Crippen LogP contribution >= 0.6 is 0 Å². The molecule has 1 N–H and O–H groups in total. The van der Waals surface area contributed by atoms with Gasteiger partial charge in [0.05, 0.1) is 0 Å². The van der Waals surface area contributed by atoms with Crippen LogP contribution in [0.4, 0.5) is 0 Å². The lowest BCUT2D eigenvalue weighted by molar-refractivity contribution is 0.329. The zero-order chi connectivity index (χ0) is 13.4. The van der Waals surface area contributed by atoms with Crippen molar-refractivity contribution in [3.05, 3.63) is 35.9 Å². The second-order valence-electron chi connectivity index (χ2n) is 5.36. The summed E-state index contributed by atoms with van der Waals surface area (Å²) in [6.07, 6.45) is 5.10. The maximum absolute atomic E-state index is 3.55. The zero-order valence-electron chi connectivity index (χ0n) is 12.4. The van der Waals surface area contributed by atoms with Crippen LogP contribution in [-0.4, -0.2) is 13.1 Å². The standard InChI is InChI=1S/C17H29N/c1-5-7-13-16(18-4)17(14(3)6-2)15-11-9-8-10-12-15/h8-12,14,16-18H,5-7,13H2,1-4H3. The molecule has 1 heteroatoms. The van der Waals surface area contributed by atoms with Gasteiger partial charge in [0.15, 0.2) is 0 Å². The third-order valence-corrected chi connectivity index (χ3v) is 4.11. The van der Waals surface area contributed by atoms with Gasteiger partial charge in [0.1, 0.15) is 0 Å². The molecule has 0 amide bonds. The van der Waals surface area contributed by atoms with Crippen LogP contribution in [0.15, 0.2) is 30.3 Å². The van der Waals surface area contributed by atoms with E-state index in [0.29, 0.717) is 12.0 Å². The Bertz CT molecular complexity index is 307. The molecule has 0 aliphatic heterocycles. The molecule has 102 valence electrons. The van der Waals surface area contributed by atoms with Crippen molar-refractivity contribution in [1.29, 1.82) is 0 Å². The molecule has 1 aromatic rings. The van der Waals surface area contributed by atoms with Crippen molar-refractivity contribution in [1.82, 2.24) is 5.32 Å². The van der Waals surface area contributed by atoms with E-state index >= 15 is 0 Å². The van der Waals surface area contributed by atoms with Crippen molar-refractivity contribution in [3.8, 4) is 0 Å². The monoisotopic (exact) mass is 247 g/mol. The Balaban J connectivity index is 2.89. The highest BCUT2D eigenvalue weighted by Crippen LogP contribution is 2.32. The van der Waals surface area contributed by atoms with E-state index in [1.807, 2.05) is 0 Å². The summed E-state index contributed by atoms with van der Waals surface area (Å²) in [5, 5.41) is 3.55. The van der Waals surface area contributed by atoms with Gasteiger partial charge in [0.2, 0.25) is 0 Å². The SMILES string of the molecule is CCCCC(NC)C(c1ccccc1)C(C)CC. The van der Waals surface area contributed by atoms with E-state index in [2.05, 4.69) is 63.5 Å². The van der Waals surface area contributed by atoms with E-state index in [9.17, 15) is 0 Å². The number of rotatable bonds is 8. The molecule has 3 unspecified atom stereocenters. The molecule has 0 fully saturated rings. The van der Waals surface area contributed by atoms with Gasteiger partial charge >= 0.3 is 0 Å². The Morgan fingerprint density at radius 1 is 1.11 bits per heavy atom. The third kappa shape index (κ3) is 4.13. The molecule has 3 atom stereocenters. The van der Waals surface area contributed by atoms with Gasteiger partial charge in [-0.1, -0.05) is 70.4 Å². The summed E-state index contributed by atoms with van der Waals surface area (Å²) in [6, 6.07) is 11.6. The van der Waals surface area contributed by atoms with Crippen LogP contribution in [0.3, 0.4) is 0 Å². The number of benzene rings is 1. The topological polar surface area (TPSA) is 12.0 Å². The Morgan fingerprint density at radius 2 is 1.78 bits per heavy atom. The first kappa shape index (κ1) is 15.2. The number of unbranched alkanes of at least 4 members (excludes halogenated alkanes) is 1. The minimum Gasteiger partial charge on any atom is -0.316 e. The minimum atomic E-state index is 0.599. The highest BCUT2D eigenvalue weighted by atomic mass is 14.9. The first-order valence-electron chi connectivity index (χ1n) is 7.46. The lowest BCUT2D eigenvalue weighted by Gasteiger charge is -2.32. The average Bonchev–Trinajstić information content (AvgIpc) is 2.43. The van der Waals surface area contributed by atoms with Crippen molar-refractivity contribution in [2.45, 2.75) is 58.4 Å². The van der Waals surface area contributed by atoms with Crippen LogP contribution in [0.25, 0.3) is 0 Å². The molecule has 0 radical (unpaired) electrons. The summed E-state index contributed by atoms with van der Waals surface area (Å²) in [4.78, 5) is 0. The molecule has 0 spiro atoms. The number of nitrogens with one attached hydrogen (secondary N) is 1. The maximum Gasteiger partial charge on any atom is 0.0135 e. The van der Waals surface area contributed by atoms with Crippen LogP contribution in [0.5, 0.6) is 0 Å². The normalized spacial score (nSPS) is 16.2. The van der Waals surface area contributed by atoms with Gasteiger partial charge in [-0.15, -0.1) is 0 Å². The zero-order valence-corrected chi connectivity index (χ0v) is 12.4. The molecular weight excluding hydrogens is 218 g/mol. The second-order valence-corrected chi connectivity index (χ2v) is 5.36. The van der Waals surface area contributed by atoms with Crippen LogP contribution in [0.1, 0.15) is 57.9 Å². The van der Waals surface area contributed by atoms with E-state index in [1.165, 1.54) is 31.2 Å². The molecule has 1 rings (SSSR count). The van der Waals surface area contributed by atoms with Gasteiger partial charge < -0.3 is 5.32 Å². The van der Waals surface area contributed by atoms with Crippen molar-refractivity contribution < 1.29 is 0 Å². The van der Waals surface area contributed by atoms with Gasteiger partial charge in [0.25, 0.3) is 0 Å². The Hall–Kier alpha value is -0.820. The first-order chi connectivity index (χ1) is 8.74. The highest BCUT2D eigenvalue weighted by Gasteiger charge is 2.25. The van der Waals surface area contributed by atoms with Crippen LogP contribution in [0.2, 0.25) is 0 Å². The van der Waals surface area contributed by atoms with Crippen LogP contribution in [-0.2, 0) is 0 Å². The highest BCUT2D eigenvalue weighted by molar-refractivity contribution is 5.22. The summed E-state index contributed by atoms with van der Waals surface area (Å²) >= 11 is 0. The Labute approximate surface area is 113 Å². The Kier molecular flexibility index (Phi) is 7.04. The molecule has 1 aromatic carbocycles. The lowest BCUT2D eigenvalue weighted by atomic mass is 9.78. The number of hydrogen-bond acceptors (Lipinski definition) is 1. The summed E-state index contributed by atoms with van der Waals surface area (Å²) < 4.78 is 0. The van der Waals surface area contributed by atoms with Gasteiger partial charge in [0, 0.05) is 12.0 Å². The largest absolute Gasteiger partial charge is 0.316 e. The van der Waals surface area contributed by atoms with Crippen molar-refractivity contribution in [2.75, 3.05) is 7.05 Å². The summed E-state index contributed by atoms with van der Waals surface area (Å²) in [5.41, 5.74) is 1.49. The first-order valence-corrected chi connectivity index (χ1v) is 7.46. The predicted octanol–water partition coefficient (Wildman–Crippen LogP) is 4.59. The smallest absolute Gasteiger partial charge is 0.0135 e. The fourth-order valence-electron chi connectivity index (χ4n) is 2.81. The fourth-order valence-corrected chi connectivity index (χ4v) is 2.81. The Morgan fingerprint density at radius 3 is 2.28 bits per heavy atom. The van der Waals surface area contributed by atoms with Crippen molar-refractivity contribution in [3.63, 3.8) is 0 Å². The molecule has 0 aliphatic carbocycles. The van der Waals surface area contributed by atoms with E-state index < -0.39 is 0 Å². The molecule has 0 saturated carbocycles. The molecule has 0 bridgehead atoms. The summed E-state index contributed by atoms with van der Waals surface area (Å²) in [6.45, 7) is 6.95. The van der Waals surface area contributed by atoms with Crippen molar-refractivity contribution in [2.24, 2.45) is 5.92 Å². The van der Waals surface area contributed by atoms with Gasteiger partial charge in [-0.05, 0) is 24.9 Å². The molecule has 0 saturated heterocycles. The van der Waals surface area contributed by atoms with Crippen LogP contribution < -0.4 is 5.32 Å². The van der Waals surface area contributed by atoms with E-state index in [1.54, 1.807) is 0 Å².